The predicted octanol–water partition coefficient (Wildman–Crippen LogP) is 1.35. The largest absolute Gasteiger partial charge is 0.379 e. The third-order valence-corrected chi connectivity index (χ3v) is 4.62. The molecule has 3 heterocycles. The average Bonchev–Trinajstić information content (AvgIpc) is 2.94. The highest BCUT2D eigenvalue weighted by Crippen LogP contribution is 2.21. The molecule has 0 saturated carbocycles. The Balaban J connectivity index is 1.69. The first-order valence-electron chi connectivity index (χ1n) is 7.98. The van der Waals surface area contributed by atoms with Crippen LogP contribution >= 0.6 is 0 Å². The van der Waals surface area contributed by atoms with Crippen LogP contribution in [0.3, 0.4) is 0 Å². The molecule has 5 heteroatoms. The van der Waals surface area contributed by atoms with Gasteiger partial charge < -0.3 is 14.2 Å². The molecule has 1 atom stereocenters. The average molecular weight is 291 g/mol. The maximum absolute atomic E-state index is 12.8. The van der Waals surface area contributed by atoms with Gasteiger partial charge in [0.25, 0.3) is 5.91 Å². The second kappa shape index (κ2) is 6.62. The Labute approximate surface area is 126 Å². The molecule has 0 unspecified atom stereocenters. The van der Waals surface area contributed by atoms with Gasteiger partial charge in [-0.05, 0) is 31.4 Å². The number of carbonyl (C=O) groups is 1. The maximum atomic E-state index is 12.8. The van der Waals surface area contributed by atoms with Crippen molar-refractivity contribution in [1.82, 2.24) is 14.4 Å². The fourth-order valence-electron chi connectivity index (χ4n) is 3.37. The lowest BCUT2D eigenvalue weighted by Gasteiger charge is -2.39. The summed E-state index contributed by atoms with van der Waals surface area (Å²) in [5.74, 6) is 0.181. The van der Waals surface area contributed by atoms with Crippen LogP contribution in [0, 0.1) is 0 Å². The number of aromatic nitrogens is 1. The van der Waals surface area contributed by atoms with Crippen molar-refractivity contribution >= 4 is 5.91 Å². The van der Waals surface area contributed by atoms with Gasteiger partial charge in [0.2, 0.25) is 0 Å². The number of hydrogen-bond donors (Lipinski definition) is 0. The third kappa shape index (κ3) is 3.30. The monoisotopic (exact) mass is 291 g/mol. The van der Waals surface area contributed by atoms with E-state index in [2.05, 4.69) is 9.80 Å². The van der Waals surface area contributed by atoms with E-state index in [9.17, 15) is 4.79 Å². The van der Waals surface area contributed by atoms with E-state index in [1.165, 1.54) is 6.42 Å². The fraction of sp³-hybridized carbons (Fsp3) is 0.688. The standard InChI is InChI=1S/C16H25N3O2/c1-17-7-4-6-15(17)16(20)19-8-3-2-5-14(19)13-18-9-11-21-12-10-18/h4,6-7,14H,2-3,5,8-13H2,1H3/t14-/m0/s1. The van der Waals surface area contributed by atoms with E-state index in [0.717, 1.165) is 57.9 Å². The summed E-state index contributed by atoms with van der Waals surface area (Å²) in [7, 11) is 1.94. The molecule has 0 radical (unpaired) electrons. The molecule has 1 amide bonds. The zero-order valence-corrected chi connectivity index (χ0v) is 12.8. The quantitative estimate of drug-likeness (QED) is 0.844. The number of rotatable bonds is 3. The lowest BCUT2D eigenvalue weighted by molar-refractivity contribution is 0.0164. The van der Waals surface area contributed by atoms with E-state index in [1.807, 2.05) is 29.9 Å². The molecule has 0 aliphatic carbocycles. The van der Waals surface area contributed by atoms with Gasteiger partial charge in [-0.15, -0.1) is 0 Å². The van der Waals surface area contributed by atoms with Gasteiger partial charge in [-0.25, -0.2) is 0 Å². The van der Waals surface area contributed by atoms with E-state index in [4.69, 9.17) is 4.74 Å². The molecule has 0 aromatic carbocycles. The van der Waals surface area contributed by atoms with Gasteiger partial charge in [0, 0.05) is 45.5 Å². The number of carbonyl (C=O) groups excluding carboxylic acids is 1. The number of morpholine rings is 1. The van der Waals surface area contributed by atoms with Crippen LogP contribution in [0.1, 0.15) is 29.8 Å². The topological polar surface area (TPSA) is 37.7 Å². The number of amides is 1. The van der Waals surface area contributed by atoms with Crippen LogP contribution in [0.25, 0.3) is 0 Å². The van der Waals surface area contributed by atoms with Crippen LogP contribution in [0.15, 0.2) is 18.3 Å². The molecule has 0 bridgehead atoms. The fourth-order valence-corrected chi connectivity index (χ4v) is 3.37. The summed E-state index contributed by atoms with van der Waals surface area (Å²) in [4.78, 5) is 17.3. The molecule has 116 valence electrons. The van der Waals surface area contributed by atoms with E-state index in [0.29, 0.717) is 6.04 Å². The summed E-state index contributed by atoms with van der Waals surface area (Å²) < 4.78 is 7.33. The number of aryl methyl sites for hydroxylation is 1. The van der Waals surface area contributed by atoms with Crippen molar-refractivity contribution in [1.29, 1.82) is 0 Å². The van der Waals surface area contributed by atoms with Crippen LogP contribution < -0.4 is 0 Å². The van der Waals surface area contributed by atoms with Crippen molar-refractivity contribution in [3.63, 3.8) is 0 Å². The molecule has 2 aliphatic rings. The van der Waals surface area contributed by atoms with Crippen LogP contribution in [0.5, 0.6) is 0 Å². The molecule has 21 heavy (non-hydrogen) atoms. The van der Waals surface area contributed by atoms with Crippen molar-refractivity contribution in [2.75, 3.05) is 39.4 Å². The van der Waals surface area contributed by atoms with Gasteiger partial charge in [0.05, 0.1) is 13.2 Å². The summed E-state index contributed by atoms with van der Waals surface area (Å²) in [5, 5.41) is 0. The first kappa shape index (κ1) is 14.6. The van der Waals surface area contributed by atoms with Gasteiger partial charge in [0.15, 0.2) is 0 Å². The van der Waals surface area contributed by atoms with Gasteiger partial charge in [0.1, 0.15) is 5.69 Å². The van der Waals surface area contributed by atoms with Crippen molar-refractivity contribution < 1.29 is 9.53 Å². The van der Waals surface area contributed by atoms with Gasteiger partial charge in [-0.3, -0.25) is 9.69 Å². The zero-order valence-electron chi connectivity index (χ0n) is 12.8. The molecule has 1 aromatic rings. The van der Waals surface area contributed by atoms with E-state index in [-0.39, 0.29) is 5.91 Å². The van der Waals surface area contributed by atoms with Gasteiger partial charge in [-0.2, -0.15) is 0 Å². The highest BCUT2D eigenvalue weighted by atomic mass is 16.5. The molecule has 2 saturated heterocycles. The Morgan fingerprint density at radius 2 is 2.10 bits per heavy atom. The Morgan fingerprint density at radius 1 is 1.29 bits per heavy atom. The normalized spacial score (nSPS) is 24.2. The molecule has 0 spiro atoms. The molecular formula is C16H25N3O2. The number of ether oxygens (including phenoxy) is 1. The van der Waals surface area contributed by atoms with E-state index >= 15 is 0 Å². The van der Waals surface area contributed by atoms with Crippen LogP contribution in [0.4, 0.5) is 0 Å². The smallest absolute Gasteiger partial charge is 0.270 e. The van der Waals surface area contributed by atoms with E-state index in [1.54, 1.807) is 0 Å². The number of nitrogens with zero attached hydrogens (tertiary/aromatic N) is 3. The van der Waals surface area contributed by atoms with Gasteiger partial charge >= 0.3 is 0 Å². The summed E-state index contributed by atoms with van der Waals surface area (Å²) >= 11 is 0. The lowest BCUT2D eigenvalue weighted by atomic mass is 10.0. The second-order valence-electron chi connectivity index (χ2n) is 6.07. The Hall–Kier alpha value is -1.33. The predicted molar refractivity (Wildman–Crippen MR) is 81.3 cm³/mol. The summed E-state index contributed by atoms with van der Waals surface area (Å²) in [6, 6.07) is 4.20. The summed E-state index contributed by atoms with van der Waals surface area (Å²) in [6.07, 6.45) is 5.41. The summed E-state index contributed by atoms with van der Waals surface area (Å²) in [6.45, 7) is 5.49. The van der Waals surface area contributed by atoms with Crippen LogP contribution in [-0.2, 0) is 11.8 Å². The highest BCUT2D eigenvalue weighted by molar-refractivity contribution is 5.93. The first-order chi connectivity index (χ1) is 10.3. The van der Waals surface area contributed by atoms with E-state index < -0.39 is 0 Å². The minimum absolute atomic E-state index is 0.181. The Bertz CT molecular complexity index is 480. The van der Waals surface area contributed by atoms with Crippen molar-refractivity contribution in [2.24, 2.45) is 7.05 Å². The minimum Gasteiger partial charge on any atom is -0.379 e. The number of likely N-dealkylation sites (tertiary alicyclic amines) is 1. The molecule has 1 aromatic heterocycles. The number of piperidine rings is 1. The Kier molecular flexibility index (Phi) is 4.60. The molecule has 2 fully saturated rings. The lowest BCUT2D eigenvalue weighted by Crippen LogP contribution is -2.51. The number of hydrogen-bond acceptors (Lipinski definition) is 3. The minimum atomic E-state index is 0.181. The molecule has 3 rings (SSSR count). The van der Waals surface area contributed by atoms with Crippen molar-refractivity contribution in [3.8, 4) is 0 Å². The molecule has 0 N–H and O–H groups in total. The maximum Gasteiger partial charge on any atom is 0.270 e. The van der Waals surface area contributed by atoms with Crippen molar-refractivity contribution in [2.45, 2.75) is 25.3 Å². The van der Waals surface area contributed by atoms with Crippen LogP contribution in [-0.4, -0.2) is 65.7 Å². The highest BCUT2D eigenvalue weighted by Gasteiger charge is 2.30. The third-order valence-electron chi connectivity index (χ3n) is 4.62. The van der Waals surface area contributed by atoms with Crippen molar-refractivity contribution in [3.05, 3.63) is 24.0 Å². The molecule has 5 nitrogen and oxygen atoms in total. The SMILES string of the molecule is Cn1cccc1C(=O)N1CCCC[C@H]1CN1CCOCC1. The zero-order chi connectivity index (χ0) is 14.7. The summed E-state index contributed by atoms with van der Waals surface area (Å²) in [5.41, 5.74) is 0.795. The second-order valence-corrected chi connectivity index (χ2v) is 6.07. The first-order valence-corrected chi connectivity index (χ1v) is 7.98. The van der Waals surface area contributed by atoms with Crippen LogP contribution in [0.2, 0.25) is 0 Å². The Morgan fingerprint density at radius 3 is 2.81 bits per heavy atom. The van der Waals surface area contributed by atoms with Gasteiger partial charge in [-0.1, -0.05) is 0 Å². The molecule has 2 aliphatic heterocycles. The molecular weight excluding hydrogens is 266 g/mol.